The average molecular weight is 605 g/mol. The Kier molecular flexibility index (Phi) is 9.43. The maximum Gasteiger partial charge on any atom is -0.147 e. The molecule has 2 aliphatic rings. The van der Waals surface area contributed by atoms with Crippen LogP contribution in [-0.2, 0) is 38.5 Å². The number of halogens is 2. The van der Waals surface area contributed by atoms with Crippen molar-refractivity contribution in [1.82, 2.24) is 0 Å². The van der Waals surface area contributed by atoms with E-state index in [-0.39, 0.29) is 41.1 Å². The van der Waals surface area contributed by atoms with Crippen LogP contribution in [0.4, 0.5) is 0 Å². The van der Waals surface area contributed by atoms with Crippen molar-refractivity contribution in [3.63, 3.8) is 0 Å². The van der Waals surface area contributed by atoms with E-state index in [0.29, 0.717) is 0 Å². The molecule has 36 heavy (non-hydrogen) atoms. The monoisotopic (exact) mass is 602 g/mol. The van der Waals surface area contributed by atoms with Gasteiger partial charge in [0.1, 0.15) is 0 Å². The van der Waals surface area contributed by atoms with Crippen LogP contribution in [0.25, 0.3) is 11.1 Å². The molecule has 3 heteroatoms. The molecule has 0 saturated carbocycles. The summed E-state index contributed by atoms with van der Waals surface area (Å²) in [7, 11) is 0. The van der Waals surface area contributed by atoms with Gasteiger partial charge in [0, 0.05) is 0 Å². The van der Waals surface area contributed by atoms with Crippen molar-refractivity contribution >= 4 is 31.3 Å². The Bertz CT molecular complexity index is 1250. The Morgan fingerprint density at radius 2 is 1.36 bits per heavy atom. The predicted molar refractivity (Wildman–Crippen MR) is 163 cm³/mol. The first-order valence-electron chi connectivity index (χ1n) is 13.0. The van der Waals surface area contributed by atoms with Crippen LogP contribution in [0.5, 0.6) is 0 Å². The van der Waals surface area contributed by atoms with Crippen molar-refractivity contribution < 1.29 is 21.3 Å². The molecule has 2 aromatic rings. The Morgan fingerprint density at radius 3 is 1.86 bits per heavy atom. The van der Waals surface area contributed by atoms with E-state index in [4.69, 9.17) is 0 Å². The van der Waals surface area contributed by atoms with Crippen molar-refractivity contribution in [3.8, 4) is 11.1 Å². The Morgan fingerprint density at radius 1 is 0.750 bits per heavy atom. The summed E-state index contributed by atoms with van der Waals surface area (Å²) in [6.07, 6.45) is 7.37. The van der Waals surface area contributed by atoms with Crippen molar-refractivity contribution in [2.75, 3.05) is 0 Å². The van der Waals surface area contributed by atoms with Crippen LogP contribution in [0.3, 0.4) is 0 Å². The summed E-state index contributed by atoms with van der Waals surface area (Å²) < 4.78 is 5.23. The van der Waals surface area contributed by atoms with E-state index in [9.17, 15) is 0 Å². The molecule has 0 saturated heterocycles. The third-order valence-corrected chi connectivity index (χ3v) is 15.1. The van der Waals surface area contributed by atoms with Gasteiger partial charge >= 0.3 is 218 Å². The standard InChI is InChI=1S/C21H25.C9H13.C3H6.2ClH.Zr/c1-20(2,3)16-7-9-18-14(12-16)11-15-13-17(21(4,5)6)8-10-19(15)18;1-9(2,3)8-6-4-5-7-8;1-3-2;;;/h7-10,12H,11H2,1-6H3;6-7H,4H2,1-3H3;1-2H3;2*1H;. The number of rotatable bonds is 2. The van der Waals surface area contributed by atoms with Gasteiger partial charge in [0.15, 0.2) is 0 Å². The van der Waals surface area contributed by atoms with Crippen LogP contribution in [0.15, 0.2) is 51.3 Å². The second kappa shape index (κ2) is 10.8. The minimum Gasteiger partial charge on any atom is -0.147 e. The van der Waals surface area contributed by atoms with Gasteiger partial charge in [0.05, 0.1) is 0 Å². The quantitative estimate of drug-likeness (QED) is 0.273. The van der Waals surface area contributed by atoms with Crippen LogP contribution in [0.2, 0.25) is 0 Å². The van der Waals surface area contributed by atoms with Crippen LogP contribution in [-0.4, -0.2) is 3.21 Å². The minimum absolute atomic E-state index is 0. The van der Waals surface area contributed by atoms with Crippen LogP contribution in [0.1, 0.15) is 105 Å². The molecule has 0 aliphatic heterocycles. The molecule has 0 amide bonds. The largest absolute Gasteiger partial charge is 0.147 e. The summed E-state index contributed by atoms with van der Waals surface area (Å²) in [5.41, 5.74) is 11.3. The second-order valence-corrected chi connectivity index (χ2v) is 20.8. The fourth-order valence-corrected chi connectivity index (χ4v) is 13.8. The van der Waals surface area contributed by atoms with Gasteiger partial charge in [-0.25, -0.2) is 0 Å². The molecule has 0 nitrogen and oxygen atoms in total. The maximum absolute atomic E-state index is 2.60. The summed E-state index contributed by atoms with van der Waals surface area (Å²) in [6.45, 7) is 26.1. The number of fused-ring (bicyclic) bond motifs is 3. The van der Waals surface area contributed by atoms with Gasteiger partial charge in [-0.15, -0.1) is 24.8 Å². The third kappa shape index (κ3) is 5.95. The first-order valence-corrected chi connectivity index (χ1v) is 16.7. The molecule has 0 unspecified atom stereocenters. The Labute approximate surface area is 241 Å². The number of hydrogen-bond acceptors (Lipinski definition) is 0. The molecule has 0 atom stereocenters. The van der Waals surface area contributed by atoms with E-state index in [1.807, 2.05) is 0 Å². The molecule has 0 bridgehead atoms. The van der Waals surface area contributed by atoms with E-state index in [1.165, 1.54) is 27.8 Å². The zero-order valence-corrected chi connectivity index (χ0v) is 28.4. The molecule has 0 aromatic heterocycles. The smallest absolute Gasteiger partial charge is 0.147 e. The molecule has 0 fully saturated rings. The van der Waals surface area contributed by atoms with Gasteiger partial charge in [0.2, 0.25) is 0 Å². The van der Waals surface area contributed by atoms with Gasteiger partial charge in [-0.2, -0.15) is 0 Å². The van der Waals surface area contributed by atoms with E-state index < -0.39 is 21.3 Å². The fraction of sp³-hybridized carbons (Fsp3) is 0.485. The van der Waals surface area contributed by atoms with Crippen LogP contribution in [0, 0.1) is 5.41 Å². The first-order chi connectivity index (χ1) is 15.6. The number of allylic oxidation sites excluding steroid dienone is 4. The third-order valence-electron chi connectivity index (χ3n) is 7.56. The maximum atomic E-state index is 2.60. The molecule has 2 aliphatic carbocycles. The Hall–Kier alpha value is -0.747. The molecular formula is C33H46Cl2Zr. The summed E-state index contributed by atoms with van der Waals surface area (Å²) in [5, 5.41) is 0. The zero-order valence-electron chi connectivity index (χ0n) is 24.3. The molecule has 0 radical (unpaired) electrons. The number of hydrogen-bond donors (Lipinski definition) is 0. The van der Waals surface area contributed by atoms with E-state index >= 15 is 0 Å². The fourth-order valence-electron chi connectivity index (χ4n) is 5.61. The van der Waals surface area contributed by atoms with E-state index in [2.05, 4.69) is 119 Å². The topological polar surface area (TPSA) is 0 Å². The van der Waals surface area contributed by atoms with Crippen molar-refractivity contribution in [1.29, 1.82) is 0 Å². The van der Waals surface area contributed by atoms with E-state index in [0.717, 1.165) is 12.8 Å². The summed E-state index contributed by atoms with van der Waals surface area (Å²) in [4.78, 5) is 0. The molecule has 0 N–H and O–H groups in total. The van der Waals surface area contributed by atoms with E-state index in [1.54, 1.807) is 20.9 Å². The van der Waals surface area contributed by atoms with Gasteiger partial charge in [0.25, 0.3) is 0 Å². The summed E-state index contributed by atoms with van der Waals surface area (Å²) >= 11 is -2.23. The predicted octanol–water partition coefficient (Wildman–Crippen LogP) is 9.41. The Balaban J connectivity index is 0.00000228. The van der Waals surface area contributed by atoms with Gasteiger partial charge in [-0.1, -0.05) is 0 Å². The molecule has 0 spiro atoms. The average Bonchev–Trinajstić information content (AvgIpc) is 3.31. The second-order valence-electron chi connectivity index (χ2n) is 13.7. The SMILES string of the molecule is C[C](C)=[Zr]([C]1=CC(C(C)(C)C)=CC1)[c]1c(C(C)(C)C)ccc2c1Cc1cc(C(C)(C)C)ccc1-2.Cl.Cl. The molecular weight excluding hydrogens is 558 g/mol. The molecule has 2 aromatic carbocycles. The van der Waals surface area contributed by atoms with Crippen molar-refractivity contribution in [2.45, 2.75) is 99.8 Å². The zero-order chi connectivity index (χ0) is 25.2. The van der Waals surface area contributed by atoms with Crippen LogP contribution < -0.4 is 3.27 Å². The van der Waals surface area contributed by atoms with Crippen LogP contribution >= 0.6 is 24.8 Å². The summed E-state index contributed by atoms with van der Waals surface area (Å²) in [6, 6.07) is 12.2. The van der Waals surface area contributed by atoms with Crippen molar-refractivity contribution in [3.05, 3.63) is 73.6 Å². The normalized spacial score (nSPS) is 14.8. The van der Waals surface area contributed by atoms with Crippen molar-refractivity contribution in [2.24, 2.45) is 5.41 Å². The van der Waals surface area contributed by atoms with Gasteiger partial charge in [-0.05, 0) is 0 Å². The number of benzene rings is 2. The molecule has 4 rings (SSSR count). The minimum atomic E-state index is -2.23. The summed E-state index contributed by atoms with van der Waals surface area (Å²) in [5.74, 6) is 0. The first kappa shape index (κ1) is 31.5. The molecule has 196 valence electrons. The molecule has 0 heterocycles. The van der Waals surface area contributed by atoms with Gasteiger partial charge in [-0.3, -0.25) is 0 Å². The van der Waals surface area contributed by atoms with Gasteiger partial charge < -0.3 is 0 Å².